The van der Waals surface area contributed by atoms with Crippen molar-refractivity contribution >= 4 is 11.6 Å². The third-order valence-electron chi connectivity index (χ3n) is 7.38. The van der Waals surface area contributed by atoms with Crippen LogP contribution < -0.4 is 9.64 Å². The number of benzene rings is 1. The maximum Gasteiger partial charge on any atom is 0.419 e. The Morgan fingerprint density at radius 3 is 2.40 bits per heavy atom. The van der Waals surface area contributed by atoms with E-state index in [0.717, 1.165) is 50.1 Å². The summed E-state index contributed by atoms with van der Waals surface area (Å²) in [6, 6.07) is 12.0. The average Bonchev–Trinajstić information content (AvgIpc) is 3.06. The minimum absolute atomic E-state index is 0.0128. The Labute approximate surface area is 201 Å². The molecule has 1 amide bonds. The van der Waals surface area contributed by atoms with Crippen molar-refractivity contribution in [2.75, 3.05) is 4.90 Å². The fraction of sp³-hybridized carbons (Fsp3) is 0.423. The number of alkyl halides is 3. The van der Waals surface area contributed by atoms with Gasteiger partial charge in [0.05, 0.1) is 23.6 Å². The summed E-state index contributed by atoms with van der Waals surface area (Å²) in [6.07, 6.45) is 1.81. The highest BCUT2D eigenvalue weighted by atomic mass is 19.4. The SMILES string of the molecule is C=C1N(c2cnc(C#N)c(C(F)(F)F)c2)C(=O)C2(CCC2)N1C1CCC(Oc2ccccc2)CC1. The summed E-state index contributed by atoms with van der Waals surface area (Å²) < 4.78 is 46.7. The number of para-hydroxylation sites is 1. The molecule has 182 valence electrons. The monoisotopic (exact) mass is 482 g/mol. The van der Waals surface area contributed by atoms with Gasteiger partial charge in [0.25, 0.3) is 5.91 Å². The molecule has 1 spiro atoms. The smallest absolute Gasteiger partial charge is 0.419 e. The van der Waals surface area contributed by atoms with Gasteiger partial charge in [-0.15, -0.1) is 0 Å². The molecule has 1 aromatic carbocycles. The molecule has 1 aliphatic heterocycles. The minimum atomic E-state index is -4.76. The van der Waals surface area contributed by atoms with Crippen LogP contribution in [-0.4, -0.2) is 33.5 Å². The molecule has 1 aromatic heterocycles. The number of hydrogen-bond acceptors (Lipinski definition) is 5. The van der Waals surface area contributed by atoms with Crippen LogP contribution in [0.4, 0.5) is 18.9 Å². The van der Waals surface area contributed by atoms with Crippen molar-refractivity contribution in [2.45, 2.75) is 68.8 Å². The van der Waals surface area contributed by atoms with E-state index < -0.39 is 23.0 Å². The van der Waals surface area contributed by atoms with Crippen molar-refractivity contribution in [1.82, 2.24) is 9.88 Å². The Morgan fingerprint density at radius 1 is 1.14 bits per heavy atom. The highest BCUT2D eigenvalue weighted by Crippen LogP contribution is 2.51. The Balaban J connectivity index is 1.38. The van der Waals surface area contributed by atoms with Crippen LogP contribution in [0.5, 0.6) is 5.75 Å². The molecule has 0 bridgehead atoms. The molecule has 0 N–H and O–H groups in total. The van der Waals surface area contributed by atoms with E-state index in [-0.39, 0.29) is 23.7 Å². The van der Waals surface area contributed by atoms with Gasteiger partial charge in [-0.25, -0.2) is 4.98 Å². The van der Waals surface area contributed by atoms with Crippen molar-refractivity contribution in [3.63, 3.8) is 0 Å². The number of pyridine rings is 1. The van der Waals surface area contributed by atoms with Crippen molar-refractivity contribution in [3.05, 3.63) is 66.3 Å². The fourth-order valence-electron chi connectivity index (χ4n) is 5.57. The van der Waals surface area contributed by atoms with Gasteiger partial charge in [0, 0.05) is 6.04 Å². The number of carbonyl (C=O) groups is 1. The Bertz CT molecular complexity index is 1180. The van der Waals surface area contributed by atoms with Crippen molar-refractivity contribution in [3.8, 4) is 11.8 Å². The molecule has 0 radical (unpaired) electrons. The first-order chi connectivity index (χ1) is 16.7. The van der Waals surface area contributed by atoms with Gasteiger partial charge in [-0.2, -0.15) is 18.4 Å². The summed E-state index contributed by atoms with van der Waals surface area (Å²) >= 11 is 0. The predicted molar refractivity (Wildman–Crippen MR) is 122 cm³/mol. The van der Waals surface area contributed by atoms with Crippen LogP contribution in [0.2, 0.25) is 0 Å². The van der Waals surface area contributed by atoms with Gasteiger partial charge in [-0.3, -0.25) is 9.69 Å². The van der Waals surface area contributed by atoms with Gasteiger partial charge >= 0.3 is 6.18 Å². The van der Waals surface area contributed by atoms with E-state index >= 15 is 0 Å². The molecule has 2 aliphatic carbocycles. The van der Waals surface area contributed by atoms with Gasteiger partial charge in [-0.05, 0) is 63.1 Å². The maximum atomic E-state index is 13.6. The van der Waals surface area contributed by atoms with Gasteiger partial charge in [0.15, 0.2) is 5.69 Å². The first-order valence-corrected chi connectivity index (χ1v) is 11.8. The van der Waals surface area contributed by atoms with Crippen LogP contribution >= 0.6 is 0 Å². The molecule has 0 unspecified atom stereocenters. The molecule has 2 aromatic rings. The Kier molecular flexibility index (Phi) is 5.70. The molecular formula is C26H25F3N4O2. The molecule has 5 rings (SSSR count). The van der Waals surface area contributed by atoms with Crippen molar-refractivity contribution in [1.29, 1.82) is 5.26 Å². The predicted octanol–water partition coefficient (Wildman–Crippen LogP) is 5.40. The quantitative estimate of drug-likeness (QED) is 0.583. The molecule has 3 fully saturated rings. The highest BCUT2D eigenvalue weighted by Gasteiger charge is 2.60. The minimum Gasteiger partial charge on any atom is -0.490 e. The van der Waals surface area contributed by atoms with E-state index in [4.69, 9.17) is 10.00 Å². The Morgan fingerprint density at radius 2 is 1.83 bits per heavy atom. The summed E-state index contributed by atoms with van der Waals surface area (Å²) in [5.74, 6) is 0.935. The number of ether oxygens (including phenoxy) is 1. The third-order valence-corrected chi connectivity index (χ3v) is 7.38. The van der Waals surface area contributed by atoms with E-state index in [2.05, 4.69) is 11.6 Å². The van der Waals surface area contributed by atoms with Crippen LogP contribution in [-0.2, 0) is 11.0 Å². The summed E-state index contributed by atoms with van der Waals surface area (Å²) in [6.45, 7) is 4.14. The highest BCUT2D eigenvalue weighted by molar-refractivity contribution is 6.06. The lowest BCUT2D eigenvalue weighted by atomic mass is 9.73. The van der Waals surface area contributed by atoms with Crippen LogP contribution in [0.3, 0.4) is 0 Å². The number of anilines is 1. The lowest BCUT2D eigenvalue weighted by molar-refractivity contribution is -0.138. The maximum absolute atomic E-state index is 13.6. The zero-order chi connectivity index (χ0) is 24.8. The largest absolute Gasteiger partial charge is 0.490 e. The van der Waals surface area contributed by atoms with Gasteiger partial charge in [0.1, 0.15) is 23.2 Å². The first-order valence-electron chi connectivity index (χ1n) is 11.8. The first kappa shape index (κ1) is 23.2. The number of halogens is 3. The standard InChI is InChI=1S/C26H25F3N4O2/c1-17-32(19-14-22(26(27,28)29)23(15-30)31-16-19)24(34)25(12-5-13-25)33(17)18-8-10-21(11-9-18)35-20-6-3-2-4-7-20/h2-4,6-7,14,16,18,21H,1,5,8-13H2. The number of rotatable bonds is 4. The van der Waals surface area contributed by atoms with Crippen LogP contribution in [0.1, 0.15) is 56.2 Å². The third kappa shape index (κ3) is 3.91. The van der Waals surface area contributed by atoms with E-state index in [1.165, 1.54) is 11.0 Å². The van der Waals surface area contributed by atoms with Crippen LogP contribution in [0.25, 0.3) is 0 Å². The van der Waals surface area contributed by atoms with Gasteiger partial charge in [-0.1, -0.05) is 24.8 Å². The number of nitrogens with zero attached hydrogens (tertiary/aromatic N) is 4. The molecular weight excluding hydrogens is 457 g/mol. The molecule has 2 heterocycles. The lowest BCUT2D eigenvalue weighted by Crippen LogP contribution is -2.58. The van der Waals surface area contributed by atoms with E-state index in [1.54, 1.807) is 0 Å². The molecule has 1 saturated heterocycles. The molecule has 6 nitrogen and oxygen atoms in total. The number of amides is 1. The van der Waals surface area contributed by atoms with Gasteiger partial charge < -0.3 is 9.64 Å². The summed E-state index contributed by atoms with van der Waals surface area (Å²) in [4.78, 5) is 20.6. The number of carbonyl (C=O) groups excluding carboxylic acids is 1. The van der Waals surface area contributed by atoms with E-state index in [0.29, 0.717) is 18.7 Å². The molecule has 2 saturated carbocycles. The second kappa shape index (κ2) is 8.59. The normalized spacial score (nSPS) is 23.8. The molecule has 9 heteroatoms. The molecule has 0 atom stereocenters. The van der Waals surface area contributed by atoms with Crippen molar-refractivity contribution in [2.24, 2.45) is 0 Å². The Hall–Kier alpha value is -3.54. The zero-order valence-electron chi connectivity index (χ0n) is 19.1. The zero-order valence-corrected chi connectivity index (χ0v) is 19.1. The average molecular weight is 483 g/mol. The van der Waals surface area contributed by atoms with Crippen LogP contribution in [0, 0.1) is 11.3 Å². The van der Waals surface area contributed by atoms with E-state index in [1.807, 2.05) is 35.2 Å². The fourth-order valence-corrected chi connectivity index (χ4v) is 5.57. The van der Waals surface area contributed by atoms with E-state index in [9.17, 15) is 18.0 Å². The van der Waals surface area contributed by atoms with Crippen molar-refractivity contribution < 1.29 is 22.7 Å². The number of aromatic nitrogens is 1. The topological polar surface area (TPSA) is 69.5 Å². The second-order valence-corrected chi connectivity index (χ2v) is 9.37. The summed E-state index contributed by atoms with van der Waals surface area (Å²) in [5, 5.41) is 9.07. The number of nitriles is 1. The van der Waals surface area contributed by atoms with Crippen LogP contribution in [0.15, 0.2) is 55.0 Å². The summed E-state index contributed by atoms with van der Waals surface area (Å²) in [7, 11) is 0. The molecule has 3 aliphatic rings. The lowest BCUT2D eigenvalue weighted by Gasteiger charge is -2.49. The second-order valence-electron chi connectivity index (χ2n) is 9.37. The summed E-state index contributed by atoms with van der Waals surface area (Å²) in [5.41, 5.74) is -2.66. The van der Waals surface area contributed by atoms with Gasteiger partial charge in [0.2, 0.25) is 0 Å². The molecule has 35 heavy (non-hydrogen) atoms. The number of hydrogen-bond donors (Lipinski definition) is 0.